The first kappa shape index (κ1) is 18.5. The van der Waals surface area contributed by atoms with Crippen molar-refractivity contribution in [3.63, 3.8) is 0 Å². The summed E-state index contributed by atoms with van der Waals surface area (Å²) in [7, 11) is 1.57. The molecule has 0 atom stereocenters. The molecule has 1 amide bonds. The van der Waals surface area contributed by atoms with Gasteiger partial charge < -0.3 is 15.4 Å². The summed E-state index contributed by atoms with van der Waals surface area (Å²) in [6.45, 7) is 0.828. The van der Waals surface area contributed by atoms with E-state index in [0.717, 1.165) is 25.2 Å². The van der Waals surface area contributed by atoms with Crippen molar-refractivity contribution in [2.45, 2.75) is 12.8 Å². The zero-order chi connectivity index (χ0) is 18.9. The fraction of sp³-hybridized carbons (Fsp3) is 0.182. The average molecular weight is 361 g/mol. The first-order valence-electron chi connectivity index (χ1n) is 8.94. The van der Waals surface area contributed by atoms with Crippen LogP contribution in [0.5, 0.6) is 5.75 Å². The van der Waals surface area contributed by atoms with E-state index in [1.165, 1.54) is 5.56 Å². The maximum atomic E-state index is 12.4. The number of nitrogens with one attached hydrogen (secondary N) is 2. The Labute approximate surface area is 159 Å². The van der Waals surface area contributed by atoms with E-state index in [2.05, 4.69) is 39.9 Å². The van der Waals surface area contributed by atoms with E-state index in [4.69, 9.17) is 4.74 Å². The number of anilines is 2. The van der Waals surface area contributed by atoms with E-state index in [-0.39, 0.29) is 5.91 Å². The lowest BCUT2D eigenvalue weighted by atomic mass is 10.1. The molecule has 0 spiro atoms. The molecule has 0 saturated heterocycles. The molecule has 0 aliphatic rings. The highest BCUT2D eigenvalue weighted by atomic mass is 16.5. The van der Waals surface area contributed by atoms with Gasteiger partial charge >= 0.3 is 0 Å². The van der Waals surface area contributed by atoms with Gasteiger partial charge in [0.15, 0.2) is 0 Å². The van der Waals surface area contributed by atoms with E-state index in [9.17, 15) is 4.79 Å². The van der Waals surface area contributed by atoms with Gasteiger partial charge in [0.05, 0.1) is 18.4 Å². The summed E-state index contributed by atoms with van der Waals surface area (Å²) < 4.78 is 5.25. The molecule has 3 aromatic rings. The fourth-order valence-electron chi connectivity index (χ4n) is 2.73. The molecule has 0 aliphatic heterocycles. The quantitative estimate of drug-likeness (QED) is 0.584. The fourth-order valence-corrected chi connectivity index (χ4v) is 2.73. The van der Waals surface area contributed by atoms with Gasteiger partial charge in [-0.05, 0) is 42.7 Å². The predicted octanol–water partition coefficient (Wildman–Crippen LogP) is 4.39. The van der Waals surface area contributed by atoms with Gasteiger partial charge in [0.1, 0.15) is 11.6 Å². The minimum Gasteiger partial charge on any atom is -0.495 e. The lowest BCUT2D eigenvalue weighted by molar-refractivity contribution is 0.102. The Morgan fingerprint density at radius 3 is 2.52 bits per heavy atom. The number of ether oxygens (including phenoxy) is 1. The highest BCUT2D eigenvalue weighted by molar-refractivity contribution is 6.04. The van der Waals surface area contributed by atoms with Gasteiger partial charge in [0.2, 0.25) is 0 Å². The number of para-hydroxylation sites is 2. The maximum absolute atomic E-state index is 12.4. The van der Waals surface area contributed by atoms with Crippen LogP contribution >= 0.6 is 0 Å². The Kier molecular flexibility index (Phi) is 6.41. The molecule has 27 heavy (non-hydrogen) atoms. The third-order valence-electron chi connectivity index (χ3n) is 4.17. The zero-order valence-electron chi connectivity index (χ0n) is 15.3. The van der Waals surface area contributed by atoms with Crippen LogP contribution in [0.25, 0.3) is 0 Å². The largest absolute Gasteiger partial charge is 0.495 e. The lowest BCUT2D eigenvalue weighted by Gasteiger charge is -2.10. The van der Waals surface area contributed by atoms with Crippen LogP contribution in [-0.2, 0) is 6.42 Å². The molecule has 3 rings (SSSR count). The van der Waals surface area contributed by atoms with Crippen molar-refractivity contribution in [1.82, 2.24) is 4.98 Å². The van der Waals surface area contributed by atoms with Crippen molar-refractivity contribution in [3.05, 3.63) is 84.1 Å². The second-order valence-corrected chi connectivity index (χ2v) is 6.10. The summed E-state index contributed by atoms with van der Waals surface area (Å²) in [4.78, 5) is 16.7. The van der Waals surface area contributed by atoms with E-state index in [1.54, 1.807) is 31.5 Å². The first-order chi connectivity index (χ1) is 13.3. The van der Waals surface area contributed by atoms with Crippen molar-refractivity contribution in [3.8, 4) is 5.75 Å². The van der Waals surface area contributed by atoms with Crippen LogP contribution in [0.15, 0.2) is 72.9 Å². The summed E-state index contributed by atoms with van der Waals surface area (Å²) in [5.41, 5.74) is 2.46. The number of rotatable bonds is 8. The third-order valence-corrected chi connectivity index (χ3v) is 4.17. The summed E-state index contributed by atoms with van der Waals surface area (Å²) in [6.07, 6.45) is 3.61. The third kappa shape index (κ3) is 5.31. The van der Waals surface area contributed by atoms with Crippen LogP contribution in [0.4, 0.5) is 11.5 Å². The standard InChI is InChI=1S/C22H23N3O2/c1-27-20-12-6-5-11-19(20)25-22(26)18-13-14-21(24-16-18)23-15-7-10-17-8-3-2-4-9-17/h2-6,8-9,11-14,16H,7,10,15H2,1H3,(H,23,24)(H,25,26). The van der Waals surface area contributed by atoms with Crippen LogP contribution in [0.3, 0.4) is 0 Å². The predicted molar refractivity (Wildman–Crippen MR) is 108 cm³/mol. The lowest BCUT2D eigenvalue weighted by Crippen LogP contribution is -2.13. The van der Waals surface area contributed by atoms with E-state index < -0.39 is 0 Å². The Hall–Kier alpha value is -3.34. The number of hydrogen-bond donors (Lipinski definition) is 2. The van der Waals surface area contributed by atoms with E-state index >= 15 is 0 Å². The molecule has 0 unspecified atom stereocenters. The van der Waals surface area contributed by atoms with E-state index in [0.29, 0.717) is 17.0 Å². The molecule has 2 aromatic carbocycles. The second-order valence-electron chi connectivity index (χ2n) is 6.10. The van der Waals surface area contributed by atoms with Gasteiger partial charge in [-0.3, -0.25) is 4.79 Å². The van der Waals surface area contributed by atoms with E-state index in [1.807, 2.05) is 24.3 Å². The molecule has 0 bridgehead atoms. The number of amides is 1. The Balaban J connectivity index is 1.50. The summed E-state index contributed by atoms with van der Waals surface area (Å²) >= 11 is 0. The van der Waals surface area contributed by atoms with Crippen molar-refractivity contribution in [1.29, 1.82) is 0 Å². The van der Waals surface area contributed by atoms with Gasteiger partial charge in [-0.15, -0.1) is 0 Å². The molecule has 138 valence electrons. The molecule has 5 nitrogen and oxygen atoms in total. The number of aromatic nitrogens is 1. The second kappa shape index (κ2) is 9.38. The smallest absolute Gasteiger partial charge is 0.257 e. The molecular formula is C22H23N3O2. The highest BCUT2D eigenvalue weighted by Crippen LogP contribution is 2.23. The van der Waals surface area contributed by atoms with Crippen LogP contribution in [0.2, 0.25) is 0 Å². The number of methoxy groups -OCH3 is 1. The number of nitrogens with zero attached hydrogens (tertiary/aromatic N) is 1. The van der Waals surface area contributed by atoms with Crippen molar-refractivity contribution in [2.75, 3.05) is 24.3 Å². The van der Waals surface area contributed by atoms with Gasteiger partial charge in [-0.1, -0.05) is 42.5 Å². The summed E-state index contributed by atoms with van der Waals surface area (Å²) in [5.74, 6) is 1.16. The zero-order valence-corrected chi connectivity index (χ0v) is 15.3. The topological polar surface area (TPSA) is 63.2 Å². The SMILES string of the molecule is COc1ccccc1NC(=O)c1ccc(NCCCc2ccccc2)nc1. The molecule has 0 aliphatic carbocycles. The van der Waals surface area contributed by atoms with Crippen molar-refractivity contribution >= 4 is 17.4 Å². The number of pyridine rings is 1. The molecule has 1 aromatic heterocycles. The average Bonchev–Trinajstić information content (AvgIpc) is 2.73. The molecule has 5 heteroatoms. The normalized spacial score (nSPS) is 10.3. The van der Waals surface area contributed by atoms with Crippen LogP contribution in [0.1, 0.15) is 22.3 Å². The Morgan fingerprint density at radius 1 is 1.00 bits per heavy atom. The Morgan fingerprint density at radius 2 is 1.78 bits per heavy atom. The van der Waals surface area contributed by atoms with Crippen LogP contribution in [0, 0.1) is 0 Å². The van der Waals surface area contributed by atoms with Gasteiger partial charge in [-0.2, -0.15) is 0 Å². The number of hydrogen-bond acceptors (Lipinski definition) is 4. The van der Waals surface area contributed by atoms with Gasteiger partial charge in [0.25, 0.3) is 5.91 Å². The monoisotopic (exact) mass is 361 g/mol. The minimum absolute atomic E-state index is 0.220. The van der Waals surface area contributed by atoms with Crippen LogP contribution in [-0.4, -0.2) is 24.5 Å². The number of aryl methyl sites for hydroxylation is 1. The van der Waals surface area contributed by atoms with Crippen LogP contribution < -0.4 is 15.4 Å². The van der Waals surface area contributed by atoms with Crippen molar-refractivity contribution in [2.24, 2.45) is 0 Å². The summed E-state index contributed by atoms with van der Waals surface area (Å²) in [6, 6.07) is 21.3. The molecule has 0 radical (unpaired) electrons. The molecule has 1 heterocycles. The number of benzene rings is 2. The molecule has 2 N–H and O–H groups in total. The summed E-state index contributed by atoms with van der Waals surface area (Å²) in [5, 5.41) is 6.13. The van der Waals surface area contributed by atoms with Crippen molar-refractivity contribution < 1.29 is 9.53 Å². The maximum Gasteiger partial charge on any atom is 0.257 e. The Bertz CT molecular complexity index is 864. The van der Waals surface area contributed by atoms with Gasteiger partial charge in [0, 0.05) is 12.7 Å². The number of carbonyl (C=O) groups is 1. The minimum atomic E-state index is -0.220. The molecule has 0 fully saturated rings. The highest BCUT2D eigenvalue weighted by Gasteiger charge is 2.09. The molecule has 0 saturated carbocycles. The first-order valence-corrected chi connectivity index (χ1v) is 8.94. The number of carbonyl (C=O) groups excluding carboxylic acids is 1. The molecular weight excluding hydrogens is 338 g/mol. The van der Waals surface area contributed by atoms with Gasteiger partial charge in [-0.25, -0.2) is 4.98 Å².